The van der Waals surface area contributed by atoms with E-state index in [0.717, 1.165) is 0 Å². The number of benzene rings is 2. The smallest absolute Gasteiger partial charge is 0.424 e. The summed E-state index contributed by atoms with van der Waals surface area (Å²) < 4.78 is 47.9. The molecule has 1 amide bonds. The predicted octanol–water partition coefficient (Wildman–Crippen LogP) is 4.42. The number of rotatable bonds is 6. The molecule has 0 bridgehead atoms. The molecule has 0 spiro atoms. The summed E-state index contributed by atoms with van der Waals surface area (Å²) in [4.78, 5) is 30.3. The number of carbonyl (C=O) groups is 2. The first kappa shape index (κ1) is 22.3. The SMILES string of the molecule is CCOC(=O)[C@@](C/C=C/c1ccccc1)(N=C1C(=O)N(C)c2ccccc21)C(F)(F)F. The molecule has 1 aliphatic rings. The summed E-state index contributed by atoms with van der Waals surface area (Å²) in [7, 11) is 1.44. The summed E-state index contributed by atoms with van der Waals surface area (Å²) in [5.41, 5.74) is -2.35. The minimum absolute atomic E-state index is 0.236. The van der Waals surface area contributed by atoms with E-state index in [0.29, 0.717) is 11.3 Å². The highest BCUT2D eigenvalue weighted by molar-refractivity contribution is 6.54. The van der Waals surface area contributed by atoms with Gasteiger partial charge in [0.15, 0.2) is 0 Å². The van der Waals surface area contributed by atoms with Gasteiger partial charge in [0.1, 0.15) is 5.71 Å². The van der Waals surface area contributed by atoms with E-state index in [1.165, 1.54) is 37.1 Å². The molecule has 0 aromatic heterocycles. The van der Waals surface area contributed by atoms with E-state index in [9.17, 15) is 22.8 Å². The molecule has 2 aromatic rings. The van der Waals surface area contributed by atoms with Gasteiger partial charge in [0, 0.05) is 19.0 Å². The lowest BCUT2D eigenvalue weighted by atomic mass is 9.93. The van der Waals surface area contributed by atoms with E-state index in [2.05, 4.69) is 4.99 Å². The molecule has 5 nitrogen and oxygen atoms in total. The lowest BCUT2D eigenvalue weighted by molar-refractivity contribution is -0.204. The van der Waals surface area contributed by atoms with Crippen molar-refractivity contribution in [2.75, 3.05) is 18.6 Å². The van der Waals surface area contributed by atoms with E-state index in [1.807, 2.05) is 0 Å². The molecule has 2 aromatic carbocycles. The lowest BCUT2D eigenvalue weighted by Gasteiger charge is -2.29. The van der Waals surface area contributed by atoms with Gasteiger partial charge in [-0.15, -0.1) is 0 Å². The molecule has 0 aliphatic carbocycles. The monoisotopic (exact) mass is 430 g/mol. The van der Waals surface area contributed by atoms with Crippen molar-refractivity contribution in [1.29, 1.82) is 0 Å². The van der Waals surface area contributed by atoms with Crippen molar-refractivity contribution in [2.45, 2.75) is 25.1 Å². The average molecular weight is 430 g/mol. The molecule has 8 heteroatoms. The Hall–Kier alpha value is -3.42. The zero-order valence-electron chi connectivity index (χ0n) is 17.0. The first-order chi connectivity index (χ1) is 14.7. The standard InChI is InChI=1S/C23H21F3N2O3/c1-3-31-21(30)22(23(24,25)26,15-9-12-16-10-5-4-6-11-16)27-19-17-13-7-8-14-18(17)28(2)20(19)29/h4-14H,3,15H2,1-2H3/b12-9+,27-19?/t22-/m1/s1. The first-order valence-electron chi connectivity index (χ1n) is 9.64. The van der Waals surface area contributed by atoms with Crippen LogP contribution in [0, 0.1) is 0 Å². The second kappa shape index (κ2) is 8.75. The highest BCUT2D eigenvalue weighted by Gasteiger charge is 2.62. The average Bonchev–Trinajstić information content (AvgIpc) is 2.98. The minimum atomic E-state index is -5.09. The number of nitrogens with zero attached hydrogens (tertiary/aromatic N) is 2. The van der Waals surface area contributed by atoms with Crippen LogP contribution in [-0.2, 0) is 14.3 Å². The molecular formula is C23H21F3N2O3. The number of amides is 1. The van der Waals surface area contributed by atoms with Gasteiger partial charge in [-0.1, -0.05) is 60.7 Å². The summed E-state index contributed by atoms with van der Waals surface area (Å²) >= 11 is 0. The van der Waals surface area contributed by atoms with Gasteiger partial charge in [-0.3, -0.25) is 9.79 Å². The molecule has 1 heterocycles. The van der Waals surface area contributed by atoms with Gasteiger partial charge in [-0.2, -0.15) is 13.2 Å². The van der Waals surface area contributed by atoms with E-state index in [-0.39, 0.29) is 12.2 Å². The molecule has 31 heavy (non-hydrogen) atoms. The molecule has 0 N–H and O–H groups in total. The third-order valence-corrected chi connectivity index (χ3v) is 4.94. The van der Waals surface area contributed by atoms with Crippen molar-refractivity contribution < 1.29 is 27.5 Å². The van der Waals surface area contributed by atoms with Gasteiger partial charge in [-0.25, -0.2) is 4.79 Å². The Morgan fingerprint density at radius 1 is 1.10 bits per heavy atom. The van der Waals surface area contributed by atoms with Crippen LogP contribution in [0.2, 0.25) is 0 Å². The van der Waals surface area contributed by atoms with E-state index in [1.54, 1.807) is 48.5 Å². The van der Waals surface area contributed by atoms with Crippen molar-refractivity contribution in [1.82, 2.24) is 0 Å². The quantitative estimate of drug-likeness (QED) is 0.638. The van der Waals surface area contributed by atoms with Crippen molar-refractivity contribution >= 4 is 29.4 Å². The molecule has 1 aliphatic heterocycles. The summed E-state index contributed by atoms with van der Waals surface area (Å²) in [6.45, 7) is 1.16. The van der Waals surface area contributed by atoms with E-state index >= 15 is 0 Å². The number of ether oxygens (including phenoxy) is 1. The largest absolute Gasteiger partial charge is 0.464 e. The molecule has 1 atom stereocenters. The molecule has 162 valence electrons. The number of alkyl halides is 3. The van der Waals surface area contributed by atoms with Gasteiger partial charge in [0.2, 0.25) is 0 Å². The van der Waals surface area contributed by atoms with Crippen LogP contribution in [0.1, 0.15) is 24.5 Å². The van der Waals surface area contributed by atoms with Crippen LogP contribution >= 0.6 is 0 Å². The van der Waals surface area contributed by atoms with Gasteiger partial charge in [0.25, 0.3) is 11.4 Å². The second-order valence-corrected chi connectivity index (χ2v) is 6.94. The summed E-state index contributed by atoms with van der Waals surface area (Å²) in [6.07, 6.45) is -3.22. The summed E-state index contributed by atoms with van der Waals surface area (Å²) in [6, 6.07) is 15.1. The van der Waals surface area contributed by atoms with Crippen LogP contribution in [0.3, 0.4) is 0 Å². The zero-order chi connectivity index (χ0) is 22.6. The Morgan fingerprint density at radius 3 is 2.39 bits per heavy atom. The number of carbonyl (C=O) groups excluding carboxylic acids is 2. The summed E-state index contributed by atoms with van der Waals surface area (Å²) in [5.74, 6) is -2.27. The first-order valence-corrected chi connectivity index (χ1v) is 9.64. The van der Waals surface area contributed by atoms with Crippen LogP contribution < -0.4 is 4.90 Å². The maximum Gasteiger partial charge on any atom is 0.424 e. The second-order valence-electron chi connectivity index (χ2n) is 6.94. The number of para-hydroxylation sites is 1. The summed E-state index contributed by atoms with van der Waals surface area (Å²) in [5, 5.41) is 0. The predicted molar refractivity (Wildman–Crippen MR) is 112 cm³/mol. The Morgan fingerprint density at radius 2 is 1.74 bits per heavy atom. The third kappa shape index (κ3) is 4.23. The number of hydrogen-bond acceptors (Lipinski definition) is 4. The third-order valence-electron chi connectivity index (χ3n) is 4.94. The number of aliphatic imine (C=N–C) groups is 1. The Kier molecular flexibility index (Phi) is 6.29. The topological polar surface area (TPSA) is 59.0 Å². The molecule has 0 saturated heterocycles. The van der Waals surface area contributed by atoms with Crippen LogP contribution in [0.15, 0.2) is 65.7 Å². The number of halogens is 3. The van der Waals surface area contributed by atoms with Crippen molar-refractivity contribution in [3.05, 3.63) is 71.8 Å². The van der Waals surface area contributed by atoms with Crippen molar-refractivity contribution in [3.8, 4) is 0 Å². The number of anilines is 1. The van der Waals surface area contributed by atoms with Gasteiger partial charge >= 0.3 is 12.1 Å². The maximum atomic E-state index is 14.4. The fourth-order valence-corrected chi connectivity index (χ4v) is 3.30. The van der Waals surface area contributed by atoms with Crippen molar-refractivity contribution in [3.63, 3.8) is 0 Å². The zero-order valence-corrected chi connectivity index (χ0v) is 17.0. The minimum Gasteiger partial charge on any atom is -0.464 e. The fourth-order valence-electron chi connectivity index (χ4n) is 3.30. The molecular weight excluding hydrogens is 409 g/mol. The van der Waals surface area contributed by atoms with Crippen LogP contribution in [0.25, 0.3) is 6.08 Å². The molecule has 0 saturated carbocycles. The number of hydrogen-bond donors (Lipinski definition) is 0. The fraction of sp³-hybridized carbons (Fsp3) is 0.261. The Bertz CT molecular complexity index is 1030. The van der Waals surface area contributed by atoms with Crippen LogP contribution in [0.4, 0.5) is 18.9 Å². The van der Waals surface area contributed by atoms with E-state index in [4.69, 9.17) is 4.74 Å². The molecule has 0 radical (unpaired) electrons. The Balaban J connectivity index is 2.13. The highest BCUT2D eigenvalue weighted by atomic mass is 19.4. The van der Waals surface area contributed by atoms with Gasteiger partial charge in [0.05, 0.1) is 12.3 Å². The molecule has 3 rings (SSSR count). The van der Waals surface area contributed by atoms with Crippen LogP contribution in [-0.4, -0.2) is 43.0 Å². The number of esters is 1. The number of fused-ring (bicyclic) bond motifs is 1. The normalized spacial score (nSPS) is 17.1. The van der Waals surface area contributed by atoms with Gasteiger partial charge < -0.3 is 9.64 Å². The lowest BCUT2D eigenvalue weighted by Crippen LogP contribution is -2.52. The maximum absolute atomic E-state index is 14.4. The molecule has 0 unspecified atom stereocenters. The van der Waals surface area contributed by atoms with Gasteiger partial charge in [-0.05, 0) is 18.6 Å². The van der Waals surface area contributed by atoms with E-state index < -0.39 is 35.7 Å². The highest BCUT2D eigenvalue weighted by Crippen LogP contribution is 2.40. The van der Waals surface area contributed by atoms with Crippen LogP contribution in [0.5, 0.6) is 0 Å². The molecule has 0 fully saturated rings. The number of likely N-dealkylation sites (N-methyl/N-ethyl adjacent to an activating group) is 1. The van der Waals surface area contributed by atoms with Crippen molar-refractivity contribution in [2.24, 2.45) is 4.99 Å². The Labute approximate surface area is 177 Å².